The van der Waals surface area contributed by atoms with Crippen molar-refractivity contribution in [3.63, 3.8) is 0 Å². The fourth-order valence-corrected chi connectivity index (χ4v) is 4.00. The Morgan fingerprint density at radius 2 is 1.76 bits per heavy atom. The highest BCUT2D eigenvalue weighted by molar-refractivity contribution is 6.15. The van der Waals surface area contributed by atoms with E-state index in [0.717, 1.165) is 24.2 Å². The number of methoxy groups -OCH3 is 2. The summed E-state index contributed by atoms with van der Waals surface area (Å²) in [5.74, 6) is 1.53. The monoisotopic (exact) mass is 393 g/mol. The van der Waals surface area contributed by atoms with Crippen LogP contribution >= 0.6 is 0 Å². The molecule has 0 N–H and O–H groups in total. The Kier molecular flexibility index (Phi) is 5.74. The number of nitrogens with zero attached hydrogens (tertiary/aromatic N) is 1. The maximum atomic E-state index is 13.3. The van der Waals surface area contributed by atoms with E-state index >= 15 is 0 Å². The third kappa shape index (κ3) is 4.09. The molecule has 2 aliphatic rings. The van der Waals surface area contributed by atoms with Gasteiger partial charge in [0, 0.05) is 42.9 Å². The largest absolute Gasteiger partial charge is 0.496 e. The molecule has 29 heavy (non-hydrogen) atoms. The molecule has 2 aromatic carbocycles. The Bertz CT molecular complexity index is 911. The van der Waals surface area contributed by atoms with Crippen molar-refractivity contribution < 1.29 is 19.0 Å². The molecule has 0 saturated carbocycles. The lowest BCUT2D eigenvalue weighted by molar-refractivity contribution is 0.103. The van der Waals surface area contributed by atoms with Gasteiger partial charge in [-0.25, -0.2) is 0 Å². The van der Waals surface area contributed by atoms with Crippen LogP contribution in [0.3, 0.4) is 0 Å². The number of hydrogen-bond donors (Lipinski definition) is 0. The van der Waals surface area contributed by atoms with Crippen molar-refractivity contribution in [1.82, 2.24) is 0 Å². The van der Waals surface area contributed by atoms with E-state index in [4.69, 9.17) is 14.2 Å². The van der Waals surface area contributed by atoms with E-state index in [1.807, 2.05) is 6.08 Å². The standard InChI is InChI=1S/C24H27NO4/c1-27-20-15-21(28-2)23-22(16-20)29-13-10-18(24(23)26)14-17-6-8-19(9-7-17)25-11-4-3-5-12-25/h6-9,14-16H,3-5,10-13H2,1-2H3/b18-14+. The van der Waals surface area contributed by atoms with Gasteiger partial charge in [0.25, 0.3) is 0 Å². The number of anilines is 1. The molecule has 0 radical (unpaired) electrons. The van der Waals surface area contributed by atoms with Crippen molar-refractivity contribution in [3.05, 3.63) is 53.1 Å². The molecule has 4 rings (SSSR count). The molecular weight excluding hydrogens is 366 g/mol. The number of hydrogen-bond acceptors (Lipinski definition) is 5. The highest BCUT2D eigenvalue weighted by Crippen LogP contribution is 2.38. The number of carbonyl (C=O) groups is 1. The number of benzene rings is 2. The number of rotatable bonds is 4. The summed E-state index contributed by atoms with van der Waals surface area (Å²) in [6.07, 6.45) is 6.34. The molecule has 2 aromatic rings. The summed E-state index contributed by atoms with van der Waals surface area (Å²) < 4.78 is 16.6. The number of ether oxygens (including phenoxy) is 3. The Morgan fingerprint density at radius 1 is 1.00 bits per heavy atom. The van der Waals surface area contributed by atoms with Gasteiger partial charge in [0.05, 0.1) is 20.8 Å². The fraction of sp³-hybridized carbons (Fsp3) is 0.375. The molecule has 0 atom stereocenters. The first kappa shape index (κ1) is 19.4. The summed E-state index contributed by atoms with van der Waals surface area (Å²) in [5.41, 5.74) is 3.45. The van der Waals surface area contributed by atoms with E-state index in [0.29, 0.717) is 35.8 Å². The quantitative estimate of drug-likeness (QED) is 0.702. The molecule has 0 bridgehead atoms. The Morgan fingerprint density at radius 3 is 2.45 bits per heavy atom. The summed E-state index contributed by atoms with van der Waals surface area (Å²) >= 11 is 0. The minimum Gasteiger partial charge on any atom is -0.496 e. The lowest BCUT2D eigenvalue weighted by atomic mass is 9.98. The zero-order valence-corrected chi connectivity index (χ0v) is 17.1. The molecular formula is C24H27NO4. The molecule has 0 unspecified atom stereocenters. The first-order chi connectivity index (χ1) is 14.2. The van der Waals surface area contributed by atoms with E-state index < -0.39 is 0 Å². The van der Waals surface area contributed by atoms with Crippen molar-refractivity contribution in [1.29, 1.82) is 0 Å². The Hall–Kier alpha value is -2.95. The maximum Gasteiger partial charge on any atom is 0.196 e. The Balaban J connectivity index is 1.62. The van der Waals surface area contributed by atoms with Crippen LogP contribution in [-0.2, 0) is 0 Å². The third-order valence-electron chi connectivity index (χ3n) is 5.60. The minimum absolute atomic E-state index is 0.0582. The van der Waals surface area contributed by atoms with E-state index in [1.54, 1.807) is 26.4 Å². The van der Waals surface area contributed by atoms with Crippen LogP contribution in [0.25, 0.3) is 6.08 Å². The third-order valence-corrected chi connectivity index (χ3v) is 5.60. The number of fused-ring (bicyclic) bond motifs is 1. The molecule has 2 heterocycles. The van der Waals surface area contributed by atoms with Gasteiger partial charge >= 0.3 is 0 Å². The van der Waals surface area contributed by atoms with Crippen LogP contribution in [0.15, 0.2) is 42.0 Å². The van der Waals surface area contributed by atoms with Crippen molar-refractivity contribution in [2.45, 2.75) is 25.7 Å². The van der Waals surface area contributed by atoms with Crippen molar-refractivity contribution in [2.24, 2.45) is 0 Å². The smallest absolute Gasteiger partial charge is 0.196 e. The molecule has 1 fully saturated rings. The van der Waals surface area contributed by atoms with Gasteiger partial charge in [0.2, 0.25) is 0 Å². The molecule has 0 amide bonds. The molecule has 5 nitrogen and oxygen atoms in total. The van der Waals surface area contributed by atoms with Gasteiger partial charge < -0.3 is 19.1 Å². The highest BCUT2D eigenvalue weighted by atomic mass is 16.5. The fourth-order valence-electron chi connectivity index (χ4n) is 4.00. The SMILES string of the molecule is COc1cc(OC)c2c(c1)OCC/C(=C\c1ccc(N3CCCCC3)cc1)C2=O. The van der Waals surface area contributed by atoms with Gasteiger partial charge in [-0.15, -0.1) is 0 Å². The summed E-state index contributed by atoms with van der Waals surface area (Å²) in [4.78, 5) is 15.7. The van der Waals surface area contributed by atoms with Gasteiger partial charge in [-0.2, -0.15) is 0 Å². The lowest BCUT2D eigenvalue weighted by Crippen LogP contribution is -2.29. The van der Waals surface area contributed by atoms with Crippen LogP contribution in [0.5, 0.6) is 17.2 Å². The second kappa shape index (κ2) is 8.60. The predicted octanol–water partition coefficient (Wildman–Crippen LogP) is 4.74. The van der Waals surface area contributed by atoms with E-state index in [2.05, 4.69) is 29.2 Å². The van der Waals surface area contributed by atoms with Crippen LogP contribution in [0.1, 0.15) is 41.6 Å². The minimum atomic E-state index is -0.0582. The molecule has 5 heteroatoms. The van der Waals surface area contributed by atoms with Crippen LogP contribution in [0.2, 0.25) is 0 Å². The second-order valence-electron chi connectivity index (χ2n) is 7.44. The molecule has 0 aromatic heterocycles. The molecule has 0 spiro atoms. The van der Waals surface area contributed by atoms with Crippen LogP contribution in [0.4, 0.5) is 5.69 Å². The molecule has 152 valence electrons. The summed E-state index contributed by atoms with van der Waals surface area (Å²) in [5, 5.41) is 0. The summed E-state index contributed by atoms with van der Waals surface area (Å²) in [6.45, 7) is 2.68. The molecule has 2 aliphatic heterocycles. The van der Waals surface area contributed by atoms with E-state index in [1.165, 1.54) is 24.9 Å². The summed E-state index contributed by atoms with van der Waals surface area (Å²) in [7, 11) is 3.13. The number of ketones is 1. The van der Waals surface area contributed by atoms with Gasteiger partial charge in [0.15, 0.2) is 5.78 Å². The first-order valence-electron chi connectivity index (χ1n) is 10.2. The molecule has 1 saturated heterocycles. The lowest BCUT2D eigenvalue weighted by Gasteiger charge is -2.28. The average molecular weight is 393 g/mol. The first-order valence-corrected chi connectivity index (χ1v) is 10.2. The maximum absolute atomic E-state index is 13.3. The van der Waals surface area contributed by atoms with E-state index in [-0.39, 0.29) is 5.78 Å². The van der Waals surface area contributed by atoms with E-state index in [9.17, 15) is 4.79 Å². The zero-order valence-electron chi connectivity index (χ0n) is 17.1. The summed E-state index contributed by atoms with van der Waals surface area (Å²) in [6, 6.07) is 11.9. The predicted molar refractivity (Wildman–Crippen MR) is 114 cm³/mol. The van der Waals surface area contributed by atoms with Gasteiger partial charge in [-0.05, 0) is 43.0 Å². The second-order valence-corrected chi connectivity index (χ2v) is 7.44. The van der Waals surface area contributed by atoms with Gasteiger partial charge in [-0.3, -0.25) is 4.79 Å². The highest BCUT2D eigenvalue weighted by Gasteiger charge is 2.26. The van der Waals surface area contributed by atoms with Crippen molar-refractivity contribution in [2.75, 3.05) is 38.8 Å². The Labute approximate surface area is 171 Å². The topological polar surface area (TPSA) is 48.0 Å². The van der Waals surface area contributed by atoms with Crippen LogP contribution < -0.4 is 19.1 Å². The van der Waals surface area contributed by atoms with Gasteiger partial charge in [-0.1, -0.05) is 12.1 Å². The zero-order chi connectivity index (χ0) is 20.2. The number of carbonyl (C=O) groups excluding carboxylic acids is 1. The van der Waals surface area contributed by atoms with Crippen LogP contribution in [-0.4, -0.2) is 39.7 Å². The average Bonchev–Trinajstić information content (AvgIpc) is 2.93. The van der Waals surface area contributed by atoms with Crippen LogP contribution in [0, 0.1) is 0 Å². The molecule has 0 aliphatic carbocycles. The van der Waals surface area contributed by atoms with Gasteiger partial charge in [0.1, 0.15) is 22.8 Å². The number of piperidine rings is 1. The van der Waals surface area contributed by atoms with Crippen molar-refractivity contribution >= 4 is 17.5 Å². The normalized spacial score (nSPS) is 18.1. The number of Topliss-reactive ketones (excluding diaryl/α,β-unsaturated/α-hetero) is 1. The van der Waals surface area contributed by atoms with Crippen molar-refractivity contribution in [3.8, 4) is 17.2 Å².